The van der Waals surface area contributed by atoms with Crippen molar-refractivity contribution in [3.05, 3.63) is 59.2 Å². The van der Waals surface area contributed by atoms with Crippen molar-refractivity contribution in [1.82, 2.24) is 5.32 Å². The summed E-state index contributed by atoms with van der Waals surface area (Å²) in [5.74, 6) is 0.241. The van der Waals surface area contributed by atoms with Gasteiger partial charge in [0.1, 0.15) is 5.75 Å². The van der Waals surface area contributed by atoms with Crippen molar-refractivity contribution in [2.24, 2.45) is 0 Å². The van der Waals surface area contributed by atoms with E-state index >= 15 is 0 Å². The second kappa shape index (κ2) is 6.44. The lowest BCUT2D eigenvalue weighted by Crippen LogP contribution is -2.22. The Kier molecular flexibility index (Phi) is 4.42. The van der Waals surface area contributed by atoms with Crippen LogP contribution in [0.5, 0.6) is 5.75 Å². The largest absolute Gasteiger partial charge is 0.495 e. The number of amides is 1. The van der Waals surface area contributed by atoms with Gasteiger partial charge in [0.25, 0.3) is 5.91 Å². The van der Waals surface area contributed by atoms with E-state index in [1.165, 1.54) is 7.11 Å². The van der Waals surface area contributed by atoms with Crippen LogP contribution < -0.4 is 15.8 Å². The number of nitrogen functional groups attached to an aromatic ring is 1. The Bertz CT molecular complexity index is 705. The molecule has 0 aliphatic carbocycles. The van der Waals surface area contributed by atoms with E-state index in [9.17, 15) is 4.79 Å². The number of hydrogen-bond acceptors (Lipinski definition) is 4. The maximum Gasteiger partial charge on any atom is 0.251 e. The molecule has 5 heteroatoms. The van der Waals surface area contributed by atoms with Gasteiger partial charge in [0.15, 0.2) is 0 Å². The van der Waals surface area contributed by atoms with Crippen molar-refractivity contribution < 1.29 is 9.53 Å². The van der Waals surface area contributed by atoms with Crippen LogP contribution in [0.15, 0.2) is 42.5 Å². The van der Waals surface area contributed by atoms with Crippen LogP contribution >= 0.6 is 0 Å². The third-order valence-electron chi connectivity index (χ3n) is 3.00. The maximum atomic E-state index is 12.1. The normalized spacial score (nSPS) is 9.71. The van der Waals surface area contributed by atoms with Gasteiger partial charge in [-0.3, -0.25) is 4.79 Å². The first-order valence-corrected chi connectivity index (χ1v) is 6.35. The fourth-order valence-corrected chi connectivity index (χ4v) is 1.89. The SMILES string of the molecule is COc1cc(C(=O)NCc2cccc(C#N)c2)ccc1N. The maximum absolute atomic E-state index is 12.1. The van der Waals surface area contributed by atoms with E-state index in [4.69, 9.17) is 15.7 Å². The van der Waals surface area contributed by atoms with Gasteiger partial charge in [-0.1, -0.05) is 12.1 Å². The standard InChI is InChI=1S/C16H15N3O2/c1-21-15-8-13(5-6-14(15)18)16(20)19-10-12-4-2-3-11(7-12)9-17/h2-8H,10,18H2,1H3,(H,19,20). The molecule has 0 atom stereocenters. The number of rotatable bonds is 4. The van der Waals surface area contributed by atoms with Gasteiger partial charge in [-0.2, -0.15) is 5.26 Å². The first-order valence-electron chi connectivity index (χ1n) is 6.35. The lowest BCUT2D eigenvalue weighted by atomic mass is 10.1. The van der Waals surface area contributed by atoms with E-state index in [-0.39, 0.29) is 5.91 Å². The van der Waals surface area contributed by atoms with Crippen LogP contribution in [0.25, 0.3) is 0 Å². The predicted molar refractivity (Wildman–Crippen MR) is 79.7 cm³/mol. The van der Waals surface area contributed by atoms with Crippen LogP contribution in [0.3, 0.4) is 0 Å². The van der Waals surface area contributed by atoms with Crippen molar-refractivity contribution in [2.75, 3.05) is 12.8 Å². The molecule has 0 bridgehead atoms. The molecule has 0 saturated carbocycles. The van der Waals surface area contributed by atoms with Gasteiger partial charge in [-0.15, -0.1) is 0 Å². The molecule has 0 radical (unpaired) electrons. The number of nitrogens with two attached hydrogens (primary N) is 1. The molecule has 0 saturated heterocycles. The Hall–Kier alpha value is -3.00. The second-order valence-corrected chi connectivity index (χ2v) is 4.45. The molecule has 0 fully saturated rings. The number of carbonyl (C=O) groups excluding carboxylic acids is 1. The summed E-state index contributed by atoms with van der Waals surface area (Å²) >= 11 is 0. The molecule has 0 aromatic heterocycles. The van der Waals surface area contributed by atoms with Gasteiger partial charge in [0, 0.05) is 12.1 Å². The Morgan fingerprint density at radius 3 is 2.86 bits per heavy atom. The van der Waals surface area contributed by atoms with Gasteiger partial charge in [0.05, 0.1) is 24.4 Å². The third kappa shape index (κ3) is 3.51. The Labute approximate surface area is 123 Å². The topological polar surface area (TPSA) is 88.1 Å². The molecule has 2 aromatic rings. The highest BCUT2D eigenvalue weighted by atomic mass is 16.5. The van der Waals surface area contributed by atoms with Crippen molar-refractivity contribution in [1.29, 1.82) is 5.26 Å². The fourth-order valence-electron chi connectivity index (χ4n) is 1.89. The summed E-state index contributed by atoms with van der Waals surface area (Å²) in [5, 5.41) is 11.6. The lowest BCUT2D eigenvalue weighted by Gasteiger charge is -2.08. The minimum absolute atomic E-state index is 0.226. The van der Waals surface area contributed by atoms with Gasteiger partial charge in [0.2, 0.25) is 0 Å². The highest BCUT2D eigenvalue weighted by Crippen LogP contribution is 2.22. The second-order valence-electron chi connectivity index (χ2n) is 4.45. The molecule has 21 heavy (non-hydrogen) atoms. The van der Waals surface area contributed by atoms with Crippen LogP contribution in [0.4, 0.5) is 5.69 Å². The molecule has 0 aliphatic rings. The summed E-state index contributed by atoms with van der Waals surface area (Å²) in [6.07, 6.45) is 0. The Balaban J connectivity index is 2.06. The summed E-state index contributed by atoms with van der Waals surface area (Å²) in [6, 6.07) is 14.0. The predicted octanol–water partition coefficient (Wildman–Crippen LogP) is 2.08. The van der Waals surface area contributed by atoms with E-state index in [1.807, 2.05) is 6.07 Å². The van der Waals surface area contributed by atoms with E-state index in [0.717, 1.165) is 5.56 Å². The monoisotopic (exact) mass is 281 g/mol. The number of carbonyl (C=O) groups is 1. The third-order valence-corrected chi connectivity index (χ3v) is 3.00. The number of benzene rings is 2. The van der Waals surface area contributed by atoms with Crippen molar-refractivity contribution in [3.8, 4) is 11.8 Å². The lowest BCUT2D eigenvalue weighted by molar-refractivity contribution is 0.0950. The van der Waals surface area contributed by atoms with Crippen LogP contribution in [0.2, 0.25) is 0 Å². The minimum Gasteiger partial charge on any atom is -0.495 e. The van der Waals surface area contributed by atoms with E-state index in [1.54, 1.807) is 36.4 Å². The zero-order valence-electron chi connectivity index (χ0n) is 11.6. The average molecular weight is 281 g/mol. The van der Waals surface area contributed by atoms with Crippen molar-refractivity contribution >= 4 is 11.6 Å². The highest BCUT2D eigenvalue weighted by Gasteiger charge is 2.08. The number of ether oxygens (including phenoxy) is 1. The number of nitrogens with one attached hydrogen (secondary N) is 1. The summed E-state index contributed by atoms with van der Waals surface area (Å²) in [5.41, 5.74) is 8.09. The molecule has 1 amide bonds. The Morgan fingerprint density at radius 1 is 1.33 bits per heavy atom. The number of hydrogen-bond donors (Lipinski definition) is 2. The van der Waals surface area contributed by atoms with Gasteiger partial charge in [-0.25, -0.2) is 0 Å². The zero-order valence-corrected chi connectivity index (χ0v) is 11.6. The van der Waals surface area contributed by atoms with Crippen LogP contribution in [0, 0.1) is 11.3 Å². The van der Waals surface area contributed by atoms with Gasteiger partial charge < -0.3 is 15.8 Å². The first kappa shape index (κ1) is 14.4. The number of anilines is 1. The minimum atomic E-state index is -0.226. The molecular weight excluding hydrogens is 266 g/mol. The van der Waals surface area contributed by atoms with Crippen molar-refractivity contribution in [2.45, 2.75) is 6.54 Å². The van der Waals surface area contributed by atoms with Crippen molar-refractivity contribution in [3.63, 3.8) is 0 Å². The molecular formula is C16H15N3O2. The summed E-state index contributed by atoms with van der Waals surface area (Å²) in [7, 11) is 1.50. The van der Waals surface area contributed by atoms with E-state index in [0.29, 0.717) is 29.1 Å². The molecule has 106 valence electrons. The molecule has 0 heterocycles. The first-order chi connectivity index (χ1) is 10.1. The van der Waals surface area contributed by atoms with Crippen LogP contribution in [0.1, 0.15) is 21.5 Å². The smallest absolute Gasteiger partial charge is 0.251 e. The van der Waals surface area contributed by atoms with Gasteiger partial charge in [-0.05, 0) is 35.9 Å². The van der Waals surface area contributed by atoms with Gasteiger partial charge >= 0.3 is 0 Å². The molecule has 2 aromatic carbocycles. The quantitative estimate of drug-likeness (QED) is 0.840. The number of nitriles is 1. The molecule has 0 aliphatic heterocycles. The van der Waals surface area contributed by atoms with E-state index in [2.05, 4.69) is 11.4 Å². The zero-order chi connectivity index (χ0) is 15.2. The van der Waals surface area contributed by atoms with Crippen LogP contribution in [-0.4, -0.2) is 13.0 Å². The molecule has 3 N–H and O–H groups in total. The highest BCUT2D eigenvalue weighted by molar-refractivity contribution is 5.95. The fraction of sp³-hybridized carbons (Fsp3) is 0.125. The summed E-state index contributed by atoms with van der Waals surface area (Å²) < 4.78 is 5.09. The molecule has 0 spiro atoms. The summed E-state index contributed by atoms with van der Waals surface area (Å²) in [6.45, 7) is 0.348. The number of methoxy groups -OCH3 is 1. The molecule has 5 nitrogen and oxygen atoms in total. The number of nitrogens with zero attached hydrogens (tertiary/aromatic N) is 1. The summed E-state index contributed by atoms with van der Waals surface area (Å²) in [4.78, 5) is 12.1. The Morgan fingerprint density at radius 2 is 2.14 bits per heavy atom. The molecule has 0 unspecified atom stereocenters. The van der Waals surface area contributed by atoms with E-state index < -0.39 is 0 Å². The average Bonchev–Trinajstić information content (AvgIpc) is 2.53. The molecule has 2 rings (SSSR count). The van der Waals surface area contributed by atoms with Crippen LogP contribution in [-0.2, 0) is 6.54 Å².